The van der Waals surface area contributed by atoms with Crippen molar-refractivity contribution in [3.63, 3.8) is 0 Å². The highest BCUT2D eigenvalue weighted by Gasteiger charge is 2.09. The zero-order chi connectivity index (χ0) is 19.6. The Labute approximate surface area is 168 Å². The zero-order valence-electron chi connectivity index (χ0n) is 14.7. The van der Waals surface area contributed by atoms with Crippen LogP contribution in [0.3, 0.4) is 0 Å². The molecular formula is C17H18BrN3O5S. The van der Waals surface area contributed by atoms with Crippen LogP contribution in [0, 0.1) is 0 Å². The molecule has 0 aliphatic heterocycles. The topological polar surface area (TPSA) is 99.1 Å². The van der Waals surface area contributed by atoms with Gasteiger partial charge < -0.3 is 14.2 Å². The maximum absolute atomic E-state index is 11.5. The first-order valence-electron chi connectivity index (χ1n) is 7.90. The Hall–Kier alpha value is -2.46. The molecule has 10 heteroatoms. The van der Waals surface area contributed by atoms with Gasteiger partial charge in [-0.3, -0.25) is 10.2 Å². The maximum Gasteiger partial charge on any atom is 0.343 e. The Kier molecular flexibility index (Phi) is 8.21. The second kappa shape index (κ2) is 10.6. The molecular weight excluding hydrogens is 438 g/mol. The lowest BCUT2D eigenvalue weighted by molar-refractivity contribution is -0.143. The monoisotopic (exact) mass is 455 g/mol. The second-order valence-electron chi connectivity index (χ2n) is 5.04. The van der Waals surface area contributed by atoms with Crippen LogP contribution in [-0.4, -0.2) is 43.5 Å². The average Bonchev–Trinajstić information content (AvgIpc) is 3.08. The van der Waals surface area contributed by atoms with E-state index in [0.717, 1.165) is 4.47 Å². The van der Waals surface area contributed by atoms with E-state index in [0.29, 0.717) is 28.7 Å². The normalized spacial score (nSPS) is 10.6. The van der Waals surface area contributed by atoms with Gasteiger partial charge in [0.25, 0.3) is 0 Å². The van der Waals surface area contributed by atoms with Crippen LogP contribution in [0.25, 0.3) is 0 Å². The number of hydrogen-bond acceptors (Lipinski definition) is 9. The van der Waals surface area contributed by atoms with Crippen LogP contribution in [0.4, 0.5) is 5.13 Å². The van der Waals surface area contributed by atoms with E-state index in [1.807, 2.05) is 0 Å². The molecule has 1 heterocycles. The van der Waals surface area contributed by atoms with Gasteiger partial charge in [-0.25, -0.2) is 9.78 Å². The molecule has 1 aromatic carbocycles. The summed E-state index contributed by atoms with van der Waals surface area (Å²) in [6.07, 6.45) is 1.66. The maximum atomic E-state index is 11.5. The summed E-state index contributed by atoms with van der Waals surface area (Å²) in [6, 6.07) is 5.31. The number of carbonyl (C=O) groups is 2. The van der Waals surface area contributed by atoms with Gasteiger partial charge in [-0.1, -0.05) is 15.9 Å². The minimum absolute atomic E-state index is 0.118. The summed E-state index contributed by atoms with van der Waals surface area (Å²) in [5.41, 5.74) is 4.07. The number of nitrogens with zero attached hydrogens (tertiary/aromatic N) is 2. The highest BCUT2D eigenvalue weighted by Crippen LogP contribution is 2.22. The Morgan fingerprint density at radius 2 is 2.19 bits per heavy atom. The van der Waals surface area contributed by atoms with Gasteiger partial charge in [0.15, 0.2) is 6.61 Å². The van der Waals surface area contributed by atoms with Crippen LogP contribution < -0.4 is 10.2 Å². The van der Waals surface area contributed by atoms with Gasteiger partial charge in [0.1, 0.15) is 5.75 Å². The predicted molar refractivity (Wildman–Crippen MR) is 105 cm³/mol. The van der Waals surface area contributed by atoms with Crippen LogP contribution in [0.15, 0.2) is 33.2 Å². The number of carbonyl (C=O) groups excluding carboxylic acids is 2. The lowest BCUT2D eigenvalue weighted by atomic mass is 10.2. The van der Waals surface area contributed by atoms with Crippen LogP contribution in [0.1, 0.15) is 18.2 Å². The molecule has 8 nitrogen and oxygen atoms in total. The van der Waals surface area contributed by atoms with Gasteiger partial charge in [-0.05, 0) is 25.1 Å². The first kappa shape index (κ1) is 20.8. The smallest absolute Gasteiger partial charge is 0.343 e. The van der Waals surface area contributed by atoms with Crippen molar-refractivity contribution in [2.75, 3.05) is 25.7 Å². The summed E-state index contributed by atoms with van der Waals surface area (Å²) >= 11 is 4.71. The van der Waals surface area contributed by atoms with Gasteiger partial charge in [-0.15, -0.1) is 11.3 Å². The van der Waals surface area contributed by atoms with Gasteiger partial charge in [0.2, 0.25) is 5.13 Å². The summed E-state index contributed by atoms with van der Waals surface area (Å²) in [4.78, 5) is 27.0. The van der Waals surface area contributed by atoms with E-state index in [-0.39, 0.29) is 19.0 Å². The molecule has 0 amide bonds. The fourth-order valence-corrected chi connectivity index (χ4v) is 2.94. The first-order valence-corrected chi connectivity index (χ1v) is 9.57. The second-order valence-corrected chi connectivity index (χ2v) is 6.82. The number of ether oxygens (including phenoxy) is 3. The van der Waals surface area contributed by atoms with Gasteiger partial charge in [0, 0.05) is 15.4 Å². The number of methoxy groups -OCH3 is 1. The van der Waals surface area contributed by atoms with Crippen LogP contribution >= 0.6 is 27.3 Å². The number of rotatable bonds is 9. The highest BCUT2D eigenvalue weighted by molar-refractivity contribution is 9.10. The van der Waals surface area contributed by atoms with Crippen molar-refractivity contribution in [1.82, 2.24) is 4.98 Å². The molecule has 0 atom stereocenters. The molecule has 0 radical (unpaired) electrons. The lowest BCUT2D eigenvalue weighted by Gasteiger charge is -2.08. The number of aromatic nitrogens is 1. The number of esters is 2. The molecule has 1 aromatic heterocycles. The van der Waals surface area contributed by atoms with E-state index in [9.17, 15) is 9.59 Å². The van der Waals surface area contributed by atoms with E-state index in [1.54, 1.807) is 36.7 Å². The third kappa shape index (κ3) is 6.99. The summed E-state index contributed by atoms with van der Waals surface area (Å²) in [7, 11) is 1.30. The SMILES string of the molecule is CCOC(=O)Cc1csc(NN=Cc2cc(Br)ccc2OCC(=O)OC)n1. The third-order valence-electron chi connectivity index (χ3n) is 3.09. The van der Waals surface area contributed by atoms with E-state index in [2.05, 4.69) is 36.2 Å². The van der Waals surface area contributed by atoms with Crippen molar-refractivity contribution in [3.8, 4) is 5.75 Å². The van der Waals surface area contributed by atoms with Crippen molar-refractivity contribution in [2.45, 2.75) is 13.3 Å². The highest BCUT2D eigenvalue weighted by atomic mass is 79.9. The summed E-state index contributed by atoms with van der Waals surface area (Å²) < 4.78 is 15.7. The predicted octanol–water partition coefficient (Wildman–Crippen LogP) is 3.01. The molecule has 2 rings (SSSR count). The fraction of sp³-hybridized carbons (Fsp3) is 0.294. The molecule has 144 valence electrons. The quantitative estimate of drug-likeness (QED) is 0.352. The number of nitrogens with one attached hydrogen (secondary N) is 1. The van der Waals surface area contributed by atoms with Crippen LogP contribution in [0.5, 0.6) is 5.75 Å². The average molecular weight is 456 g/mol. The fourth-order valence-electron chi connectivity index (χ4n) is 1.90. The zero-order valence-corrected chi connectivity index (χ0v) is 17.1. The molecule has 0 aliphatic carbocycles. The Bertz CT molecular complexity index is 825. The van der Waals surface area contributed by atoms with Gasteiger partial charge in [-0.2, -0.15) is 5.10 Å². The number of hydrogen-bond donors (Lipinski definition) is 1. The largest absolute Gasteiger partial charge is 0.481 e. The molecule has 0 bridgehead atoms. The molecule has 27 heavy (non-hydrogen) atoms. The summed E-state index contributed by atoms with van der Waals surface area (Å²) in [5, 5.41) is 6.43. The van der Waals surface area contributed by atoms with Crippen molar-refractivity contribution in [3.05, 3.63) is 39.3 Å². The third-order valence-corrected chi connectivity index (χ3v) is 4.38. The molecule has 0 aliphatic rings. The Morgan fingerprint density at radius 1 is 1.37 bits per heavy atom. The summed E-state index contributed by atoms with van der Waals surface area (Å²) in [5.74, 6) is -0.313. The van der Waals surface area contributed by atoms with Crippen LogP contribution in [0.2, 0.25) is 0 Å². The Balaban J connectivity index is 1.99. The molecule has 0 saturated carbocycles. The first-order chi connectivity index (χ1) is 13.0. The number of hydrazone groups is 1. The molecule has 0 saturated heterocycles. The minimum Gasteiger partial charge on any atom is -0.481 e. The molecule has 0 spiro atoms. The van der Waals surface area contributed by atoms with Crippen molar-refractivity contribution in [2.24, 2.45) is 5.10 Å². The molecule has 0 fully saturated rings. The standard InChI is InChI=1S/C17H18BrN3O5S/c1-3-25-15(22)7-13-10-27-17(20-13)21-19-8-11-6-12(18)4-5-14(11)26-9-16(23)24-2/h4-6,8,10H,3,7,9H2,1-2H3,(H,20,21). The van der Waals surface area contributed by atoms with Gasteiger partial charge >= 0.3 is 11.9 Å². The van der Waals surface area contributed by atoms with Crippen molar-refractivity contribution < 1.29 is 23.8 Å². The van der Waals surface area contributed by atoms with E-state index >= 15 is 0 Å². The van der Waals surface area contributed by atoms with E-state index in [1.165, 1.54) is 18.4 Å². The van der Waals surface area contributed by atoms with Crippen molar-refractivity contribution >= 4 is 50.6 Å². The number of halogens is 1. The van der Waals surface area contributed by atoms with Gasteiger partial charge in [0.05, 0.1) is 32.0 Å². The molecule has 0 unspecified atom stereocenters. The van der Waals surface area contributed by atoms with E-state index in [4.69, 9.17) is 9.47 Å². The number of thiazole rings is 1. The van der Waals surface area contributed by atoms with E-state index < -0.39 is 5.97 Å². The number of benzene rings is 1. The van der Waals surface area contributed by atoms with Crippen LogP contribution in [-0.2, 0) is 25.5 Å². The lowest BCUT2D eigenvalue weighted by Crippen LogP contribution is -2.13. The minimum atomic E-state index is -0.476. The Morgan fingerprint density at radius 3 is 2.93 bits per heavy atom. The molecule has 1 N–H and O–H groups in total. The van der Waals surface area contributed by atoms with Crippen molar-refractivity contribution in [1.29, 1.82) is 0 Å². The summed E-state index contributed by atoms with van der Waals surface area (Å²) in [6.45, 7) is 1.90. The molecule has 2 aromatic rings. The number of anilines is 1.